The molecule has 0 aliphatic carbocycles. The fourth-order valence-corrected chi connectivity index (χ4v) is 4.30. The average Bonchev–Trinajstić information content (AvgIpc) is 3.25. The van der Waals surface area contributed by atoms with E-state index in [1.807, 2.05) is 43.3 Å². The van der Waals surface area contributed by atoms with E-state index in [1.54, 1.807) is 49.2 Å². The van der Waals surface area contributed by atoms with Crippen molar-refractivity contribution in [3.8, 4) is 28.4 Å². The van der Waals surface area contributed by atoms with Crippen LogP contribution >= 0.6 is 23.2 Å². The van der Waals surface area contributed by atoms with Crippen LogP contribution in [0.5, 0.6) is 11.5 Å². The van der Waals surface area contributed by atoms with Crippen molar-refractivity contribution in [2.75, 3.05) is 7.11 Å². The highest BCUT2D eigenvalue weighted by atomic mass is 35.5. The molecule has 5 aromatic rings. The molecule has 0 bridgehead atoms. The Hall–Kier alpha value is -3.81. The van der Waals surface area contributed by atoms with Gasteiger partial charge in [-0.1, -0.05) is 35.3 Å². The lowest BCUT2D eigenvalue weighted by molar-refractivity contribution is 0.307. The molecule has 3 aromatic heterocycles. The van der Waals surface area contributed by atoms with Crippen LogP contribution in [0.4, 0.5) is 0 Å². The van der Waals surface area contributed by atoms with Gasteiger partial charge in [0.15, 0.2) is 11.4 Å². The summed E-state index contributed by atoms with van der Waals surface area (Å²) in [6, 6.07) is 18.3. The third kappa shape index (κ3) is 4.43. The van der Waals surface area contributed by atoms with Crippen LogP contribution in [0, 0.1) is 13.8 Å². The van der Waals surface area contributed by atoms with E-state index in [0.717, 1.165) is 22.7 Å². The van der Waals surface area contributed by atoms with Gasteiger partial charge in [0.1, 0.15) is 18.1 Å². The zero-order valence-corrected chi connectivity index (χ0v) is 21.3. The molecule has 0 aliphatic heterocycles. The SMILES string of the molecule is COc1ccc(COc2cccn3c(=O)c(-c4cc(C)n(-c5ccc(Cl)c(Cl)c5)n4)c(C)nc23)cc1. The summed E-state index contributed by atoms with van der Waals surface area (Å²) in [4.78, 5) is 18.3. The van der Waals surface area contributed by atoms with Crippen LogP contribution in [0.2, 0.25) is 10.0 Å². The number of aromatic nitrogens is 4. The van der Waals surface area contributed by atoms with Crippen molar-refractivity contribution in [2.45, 2.75) is 20.5 Å². The Balaban J connectivity index is 1.52. The number of rotatable bonds is 6. The van der Waals surface area contributed by atoms with Gasteiger partial charge in [0.2, 0.25) is 0 Å². The Labute approximate surface area is 217 Å². The van der Waals surface area contributed by atoms with E-state index in [-0.39, 0.29) is 5.56 Å². The van der Waals surface area contributed by atoms with Crippen molar-refractivity contribution >= 4 is 28.8 Å². The standard InChI is InChI=1S/C27H22Cl2N4O3/c1-16-13-23(31-33(16)19-8-11-21(28)22(29)14-19)25-17(2)30-26-24(5-4-12-32(26)27(25)34)36-15-18-6-9-20(35-3)10-7-18/h4-14H,15H2,1-3H3. The van der Waals surface area contributed by atoms with Crippen molar-refractivity contribution in [3.05, 3.63) is 104 Å². The van der Waals surface area contributed by atoms with Crippen LogP contribution in [0.15, 0.2) is 71.7 Å². The molecule has 182 valence electrons. The van der Waals surface area contributed by atoms with Gasteiger partial charge < -0.3 is 9.47 Å². The van der Waals surface area contributed by atoms with E-state index < -0.39 is 0 Å². The van der Waals surface area contributed by atoms with Crippen molar-refractivity contribution in [3.63, 3.8) is 0 Å². The predicted molar refractivity (Wildman–Crippen MR) is 141 cm³/mol. The number of halogens is 2. The Morgan fingerprint density at radius 3 is 2.47 bits per heavy atom. The second kappa shape index (κ2) is 9.68. The summed E-state index contributed by atoms with van der Waals surface area (Å²) in [6.07, 6.45) is 1.68. The maximum atomic E-state index is 13.6. The Kier molecular flexibility index (Phi) is 6.43. The maximum absolute atomic E-state index is 13.6. The monoisotopic (exact) mass is 520 g/mol. The second-order valence-electron chi connectivity index (χ2n) is 8.26. The molecule has 5 rings (SSSR count). The fraction of sp³-hybridized carbons (Fsp3) is 0.148. The van der Waals surface area contributed by atoms with E-state index in [2.05, 4.69) is 5.10 Å². The number of fused-ring (bicyclic) bond motifs is 1. The number of methoxy groups -OCH3 is 1. The molecular weight excluding hydrogens is 499 g/mol. The zero-order valence-electron chi connectivity index (χ0n) is 19.8. The van der Waals surface area contributed by atoms with Crippen LogP contribution in [-0.4, -0.2) is 26.3 Å². The first-order valence-corrected chi connectivity index (χ1v) is 11.9. The molecule has 9 heteroatoms. The maximum Gasteiger partial charge on any atom is 0.267 e. The fourth-order valence-electron chi connectivity index (χ4n) is 4.01. The minimum Gasteiger partial charge on any atom is -0.497 e. The molecule has 0 N–H and O–H groups in total. The summed E-state index contributed by atoms with van der Waals surface area (Å²) in [5, 5.41) is 5.57. The normalized spacial score (nSPS) is 11.1. The highest BCUT2D eigenvalue weighted by molar-refractivity contribution is 6.42. The summed E-state index contributed by atoms with van der Waals surface area (Å²) < 4.78 is 14.4. The molecule has 2 aromatic carbocycles. The lowest BCUT2D eigenvalue weighted by atomic mass is 10.1. The number of nitrogens with zero attached hydrogens (tertiary/aromatic N) is 4. The van der Waals surface area contributed by atoms with Gasteiger partial charge in [0, 0.05) is 11.9 Å². The lowest BCUT2D eigenvalue weighted by Crippen LogP contribution is -2.19. The van der Waals surface area contributed by atoms with Crippen LogP contribution in [-0.2, 0) is 6.61 Å². The number of pyridine rings is 1. The zero-order chi connectivity index (χ0) is 25.4. The average molecular weight is 521 g/mol. The first kappa shape index (κ1) is 23.9. The molecule has 36 heavy (non-hydrogen) atoms. The Bertz CT molecular complexity index is 1640. The largest absolute Gasteiger partial charge is 0.497 e. The molecule has 0 saturated heterocycles. The molecule has 0 amide bonds. The summed E-state index contributed by atoms with van der Waals surface area (Å²) >= 11 is 12.3. The number of aryl methyl sites for hydroxylation is 2. The van der Waals surface area contributed by atoms with Crippen LogP contribution in [0.1, 0.15) is 17.0 Å². The molecular formula is C27H22Cl2N4O3. The summed E-state index contributed by atoms with van der Waals surface area (Å²) in [5.74, 6) is 1.29. The van der Waals surface area contributed by atoms with E-state index in [1.165, 1.54) is 4.40 Å². The van der Waals surface area contributed by atoms with Crippen molar-refractivity contribution in [1.82, 2.24) is 19.2 Å². The van der Waals surface area contributed by atoms with Gasteiger partial charge in [-0.25, -0.2) is 9.67 Å². The van der Waals surface area contributed by atoms with E-state index >= 15 is 0 Å². The van der Waals surface area contributed by atoms with Gasteiger partial charge in [0.05, 0.1) is 34.1 Å². The van der Waals surface area contributed by atoms with Gasteiger partial charge >= 0.3 is 0 Å². The molecule has 0 aliphatic rings. The minimum absolute atomic E-state index is 0.230. The van der Waals surface area contributed by atoms with Crippen LogP contribution < -0.4 is 15.0 Å². The summed E-state index contributed by atoms with van der Waals surface area (Å²) in [5.41, 5.74) is 4.26. The second-order valence-corrected chi connectivity index (χ2v) is 9.08. The molecule has 0 unspecified atom stereocenters. The van der Waals surface area contributed by atoms with E-state index in [0.29, 0.717) is 45.0 Å². The molecule has 0 saturated carbocycles. The topological polar surface area (TPSA) is 70.7 Å². The Morgan fingerprint density at radius 1 is 0.972 bits per heavy atom. The van der Waals surface area contributed by atoms with Crippen molar-refractivity contribution < 1.29 is 9.47 Å². The number of hydrogen-bond acceptors (Lipinski definition) is 5. The quantitative estimate of drug-likeness (QED) is 0.272. The molecule has 0 atom stereocenters. The Morgan fingerprint density at radius 2 is 1.75 bits per heavy atom. The van der Waals surface area contributed by atoms with Gasteiger partial charge in [-0.3, -0.25) is 9.20 Å². The third-order valence-corrected chi connectivity index (χ3v) is 6.58. The van der Waals surface area contributed by atoms with E-state index in [4.69, 9.17) is 37.7 Å². The number of hydrogen-bond donors (Lipinski definition) is 0. The van der Waals surface area contributed by atoms with Gasteiger partial charge in [-0.2, -0.15) is 5.10 Å². The highest BCUT2D eigenvalue weighted by Crippen LogP contribution is 2.27. The lowest BCUT2D eigenvalue weighted by Gasteiger charge is -2.12. The van der Waals surface area contributed by atoms with Crippen LogP contribution in [0.25, 0.3) is 22.6 Å². The molecule has 3 heterocycles. The number of benzene rings is 2. The highest BCUT2D eigenvalue weighted by Gasteiger charge is 2.18. The number of ether oxygens (including phenoxy) is 2. The summed E-state index contributed by atoms with van der Waals surface area (Å²) in [7, 11) is 1.63. The smallest absolute Gasteiger partial charge is 0.267 e. The molecule has 7 nitrogen and oxygen atoms in total. The van der Waals surface area contributed by atoms with Gasteiger partial charge in [-0.15, -0.1) is 0 Å². The molecule has 0 spiro atoms. The minimum atomic E-state index is -0.230. The third-order valence-electron chi connectivity index (χ3n) is 5.84. The van der Waals surface area contributed by atoms with Crippen molar-refractivity contribution in [2.24, 2.45) is 0 Å². The van der Waals surface area contributed by atoms with Gasteiger partial charge in [0.25, 0.3) is 5.56 Å². The van der Waals surface area contributed by atoms with Gasteiger partial charge in [-0.05, 0) is 67.9 Å². The van der Waals surface area contributed by atoms with E-state index in [9.17, 15) is 4.79 Å². The molecule has 0 fully saturated rings. The first-order valence-electron chi connectivity index (χ1n) is 11.2. The molecule has 0 radical (unpaired) electrons. The first-order chi connectivity index (χ1) is 17.4. The van der Waals surface area contributed by atoms with Crippen LogP contribution in [0.3, 0.4) is 0 Å². The van der Waals surface area contributed by atoms with Crippen molar-refractivity contribution in [1.29, 1.82) is 0 Å². The predicted octanol–water partition coefficient (Wildman–Crippen LogP) is 6.06. The summed E-state index contributed by atoms with van der Waals surface area (Å²) in [6.45, 7) is 4.03.